The molecule has 1 heterocycles. The summed E-state index contributed by atoms with van der Waals surface area (Å²) in [5.74, 6) is 0.103. The summed E-state index contributed by atoms with van der Waals surface area (Å²) in [5, 5.41) is 4.41. The standard InChI is InChI=1S/C11H16N2OS/c1-7-9(8(2)14)10(15-13-7)12-11(3)5-4-6-11/h12H,4-6H2,1-3H3. The zero-order valence-corrected chi connectivity index (χ0v) is 10.2. The van der Waals surface area contributed by atoms with Gasteiger partial charge in [0.2, 0.25) is 0 Å². The highest BCUT2D eigenvalue weighted by atomic mass is 32.1. The van der Waals surface area contributed by atoms with Gasteiger partial charge >= 0.3 is 0 Å². The highest BCUT2D eigenvalue weighted by Gasteiger charge is 2.33. The minimum Gasteiger partial charge on any atom is -0.370 e. The van der Waals surface area contributed by atoms with Crippen LogP contribution >= 0.6 is 11.5 Å². The number of rotatable bonds is 3. The zero-order valence-electron chi connectivity index (χ0n) is 9.39. The molecule has 1 aliphatic carbocycles. The van der Waals surface area contributed by atoms with Crippen molar-refractivity contribution in [2.45, 2.75) is 45.6 Å². The van der Waals surface area contributed by atoms with Gasteiger partial charge in [-0.05, 0) is 51.6 Å². The van der Waals surface area contributed by atoms with Gasteiger partial charge in [0.1, 0.15) is 5.00 Å². The molecule has 4 heteroatoms. The van der Waals surface area contributed by atoms with Gasteiger partial charge < -0.3 is 5.32 Å². The maximum absolute atomic E-state index is 11.5. The van der Waals surface area contributed by atoms with Crippen molar-refractivity contribution in [2.24, 2.45) is 0 Å². The fraction of sp³-hybridized carbons (Fsp3) is 0.636. The van der Waals surface area contributed by atoms with Crippen molar-refractivity contribution < 1.29 is 4.79 Å². The maximum Gasteiger partial charge on any atom is 0.164 e. The third-order valence-corrected chi connectivity index (χ3v) is 3.94. The first-order valence-corrected chi connectivity index (χ1v) is 6.04. The molecular formula is C11H16N2OS. The Morgan fingerprint density at radius 1 is 1.53 bits per heavy atom. The Morgan fingerprint density at radius 2 is 2.20 bits per heavy atom. The quantitative estimate of drug-likeness (QED) is 0.802. The second-order valence-electron chi connectivity index (χ2n) is 4.57. The Hall–Kier alpha value is -0.900. The molecule has 0 spiro atoms. The first-order chi connectivity index (χ1) is 7.02. The second-order valence-corrected chi connectivity index (χ2v) is 5.34. The van der Waals surface area contributed by atoms with Crippen molar-refractivity contribution >= 4 is 22.3 Å². The molecule has 0 saturated heterocycles. The molecule has 1 aliphatic rings. The van der Waals surface area contributed by atoms with E-state index in [-0.39, 0.29) is 11.3 Å². The van der Waals surface area contributed by atoms with E-state index < -0.39 is 0 Å². The smallest absolute Gasteiger partial charge is 0.164 e. The third-order valence-electron chi connectivity index (χ3n) is 3.09. The highest BCUT2D eigenvalue weighted by molar-refractivity contribution is 7.10. The summed E-state index contributed by atoms with van der Waals surface area (Å²) in [6, 6.07) is 0. The maximum atomic E-state index is 11.5. The SMILES string of the molecule is CC(=O)c1c(C)nsc1NC1(C)CCC1. The Labute approximate surface area is 94.1 Å². The molecule has 1 fully saturated rings. The van der Waals surface area contributed by atoms with Crippen LogP contribution < -0.4 is 5.32 Å². The lowest BCUT2D eigenvalue weighted by Gasteiger charge is -2.39. The lowest BCUT2D eigenvalue weighted by molar-refractivity contribution is 0.101. The Morgan fingerprint density at radius 3 is 2.67 bits per heavy atom. The average molecular weight is 224 g/mol. The van der Waals surface area contributed by atoms with Gasteiger partial charge in [-0.2, -0.15) is 4.37 Å². The largest absolute Gasteiger partial charge is 0.370 e. The summed E-state index contributed by atoms with van der Waals surface area (Å²) < 4.78 is 4.24. The molecular weight excluding hydrogens is 208 g/mol. The Balaban J connectivity index is 2.24. The molecule has 0 bridgehead atoms. The second kappa shape index (κ2) is 3.59. The van der Waals surface area contributed by atoms with Crippen LogP contribution in [0.15, 0.2) is 0 Å². The normalized spacial score (nSPS) is 18.3. The van der Waals surface area contributed by atoms with Crippen molar-refractivity contribution in [1.29, 1.82) is 0 Å². The summed E-state index contributed by atoms with van der Waals surface area (Å²) in [6.45, 7) is 5.70. The molecule has 0 aliphatic heterocycles. The molecule has 1 N–H and O–H groups in total. The molecule has 0 unspecified atom stereocenters. The van der Waals surface area contributed by atoms with Crippen LogP contribution in [0.3, 0.4) is 0 Å². The number of hydrogen-bond acceptors (Lipinski definition) is 4. The van der Waals surface area contributed by atoms with Crippen LogP contribution in [0.4, 0.5) is 5.00 Å². The van der Waals surface area contributed by atoms with Crippen molar-refractivity contribution in [3.63, 3.8) is 0 Å². The minimum absolute atomic E-state index is 0.103. The number of aryl methyl sites for hydroxylation is 1. The van der Waals surface area contributed by atoms with Crippen molar-refractivity contribution in [1.82, 2.24) is 4.37 Å². The van der Waals surface area contributed by atoms with Gasteiger partial charge in [-0.15, -0.1) is 0 Å². The highest BCUT2D eigenvalue weighted by Crippen LogP contribution is 2.37. The fourth-order valence-electron chi connectivity index (χ4n) is 1.98. The molecule has 0 aromatic carbocycles. The van der Waals surface area contributed by atoms with Crippen LogP contribution in [0.1, 0.15) is 49.2 Å². The molecule has 2 rings (SSSR count). The van der Waals surface area contributed by atoms with Crippen molar-refractivity contribution in [3.05, 3.63) is 11.3 Å². The molecule has 1 saturated carbocycles. The minimum atomic E-state index is 0.103. The van der Waals surface area contributed by atoms with Crippen molar-refractivity contribution in [2.75, 3.05) is 5.32 Å². The topological polar surface area (TPSA) is 42.0 Å². The number of carbonyl (C=O) groups excluding carboxylic acids is 1. The van der Waals surface area contributed by atoms with E-state index in [2.05, 4.69) is 16.6 Å². The molecule has 3 nitrogen and oxygen atoms in total. The van der Waals surface area contributed by atoms with Crippen LogP contribution in [-0.4, -0.2) is 15.7 Å². The number of aromatic nitrogens is 1. The number of anilines is 1. The van der Waals surface area contributed by atoms with E-state index in [9.17, 15) is 4.79 Å². The third kappa shape index (κ3) is 1.91. The molecule has 0 amide bonds. The van der Waals surface area contributed by atoms with E-state index in [1.54, 1.807) is 6.92 Å². The fourth-order valence-corrected chi connectivity index (χ4v) is 2.97. The summed E-state index contributed by atoms with van der Waals surface area (Å²) in [4.78, 5) is 11.5. The van der Waals surface area contributed by atoms with Crippen molar-refractivity contribution in [3.8, 4) is 0 Å². The van der Waals surface area contributed by atoms with E-state index in [1.165, 1.54) is 30.8 Å². The van der Waals surface area contributed by atoms with Gasteiger partial charge in [0.15, 0.2) is 5.78 Å². The number of nitrogens with zero attached hydrogens (tertiary/aromatic N) is 1. The monoisotopic (exact) mass is 224 g/mol. The van der Waals surface area contributed by atoms with Gasteiger partial charge in [0.05, 0.1) is 11.3 Å². The number of Topliss-reactive ketones (excluding diaryl/α,β-unsaturated/α-hetero) is 1. The lowest BCUT2D eigenvalue weighted by Crippen LogP contribution is -2.41. The molecule has 1 aromatic heterocycles. The van der Waals surface area contributed by atoms with E-state index in [4.69, 9.17) is 0 Å². The zero-order chi connectivity index (χ0) is 11.1. The van der Waals surface area contributed by atoms with Gasteiger partial charge in [-0.25, -0.2) is 0 Å². The van der Waals surface area contributed by atoms with Gasteiger partial charge in [-0.1, -0.05) is 0 Å². The van der Waals surface area contributed by atoms with E-state index in [1.807, 2.05) is 6.92 Å². The van der Waals surface area contributed by atoms with Gasteiger partial charge in [0, 0.05) is 5.54 Å². The molecule has 0 radical (unpaired) electrons. The number of hydrogen-bond donors (Lipinski definition) is 1. The van der Waals surface area contributed by atoms with E-state index in [0.29, 0.717) is 0 Å². The van der Waals surface area contributed by atoms with Crippen LogP contribution in [0.5, 0.6) is 0 Å². The van der Waals surface area contributed by atoms with Gasteiger partial charge in [0.25, 0.3) is 0 Å². The number of nitrogens with one attached hydrogen (secondary N) is 1. The van der Waals surface area contributed by atoms with Crippen LogP contribution in [0, 0.1) is 6.92 Å². The lowest BCUT2D eigenvalue weighted by atomic mass is 9.78. The predicted octanol–water partition coefficient (Wildman–Crippen LogP) is 3.01. The average Bonchev–Trinajstić information content (AvgIpc) is 2.44. The predicted molar refractivity (Wildman–Crippen MR) is 62.7 cm³/mol. The summed E-state index contributed by atoms with van der Waals surface area (Å²) in [6.07, 6.45) is 3.64. The Bertz CT molecular complexity index is 393. The van der Waals surface area contributed by atoms with E-state index >= 15 is 0 Å². The van der Waals surface area contributed by atoms with E-state index in [0.717, 1.165) is 16.3 Å². The Kier molecular flexibility index (Phi) is 2.54. The molecule has 82 valence electrons. The summed E-state index contributed by atoms with van der Waals surface area (Å²) in [5.41, 5.74) is 1.80. The molecule has 1 aromatic rings. The first kappa shape index (κ1) is 10.6. The van der Waals surface area contributed by atoms with Crippen LogP contribution in [0.25, 0.3) is 0 Å². The number of carbonyl (C=O) groups is 1. The van der Waals surface area contributed by atoms with Crippen LogP contribution in [0.2, 0.25) is 0 Å². The molecule has 15 heavy (non-hydrogen) atoms. The summed E-state index contributed by atoms with van der Waals surface area (Å²) in [7, 11) is 0. The van der Waals surface area contributed by atoms with Crippen LogP contribution in [-0.2, 0) is 0 Å². The summed E-state index contributed by atoms with van der Waals surface area (Å²) >= 11 is 1.40. The first-order valence-electron chi connectivity index (χ1n) is 5.27. The van der Waals surface area contributed by atoms with Gasteiger partial charge in [-0.3, -0.25) is 4.79 Å². The number of ketones is 1. The molecule has 0 atom stereocenters.